The van der Waals surface area contributed by atoms with Crippen molar-refractivity contribution in [2.24, 2.45) is 0 Å². The lowest BCUT2D eigenvalue weighted by atomic mass is 10.2. The van der Waals surface area contributed by atoms with Crippen LogP contribution in [-0.2, 0) is 12.4 Å². The maximum atomic E-state index is 8.96. The van der Waals surface area contributed by atoms with Crippen LogP contribution >= 0.6 is 11.8 Å². The molecular weight excluding hydrogens is 242 g/mol. The molecule has 2 nitrogen and oxygen atoms in total. The molecule has 90 valence electrons. The van der Waals surface area contributed by atoms with Crippen LogP contribution in [0.2, 0.25) is 0 Å². The Balaban J connectivity index is 2.00. The van der Waals surface area contributed by atoms with Crippen molar-refractivity contribution in [3.63, 3.8) is 0 Å². The third-order valence-electron chi connectivity index (χ3n) is 2.57. The van der Waals surface area contributed by atoms with Gasteiger partial charge in [0.15, 0.2) is 0 Å². The van der Waals surface area contributed by atoms with Crippen molar-refractivity contribution in [1.29, 1.82) is 5.26 Å². The molecule has 0 aliphatic carbocycles. The fraction of sp³-hybridized carbons (Fsp3) is 0.133. The third kappa shape index (κ3) is 3.36. The maximum absolute atomic E-state index is 8.96. The van der Waals surface area contributed by atoms with E-state index in [0.29, 0.717) is 5.56 Å². The molecule has 0 aliphatic rings. The van der Waals surface area contributed by atoms with Gasteiger partial charge in [-0.1, -0.05) is 30.3 Å². The van der Waals surface area contributed by atoms with Gasteiger partial charge >= 0.3 is 0 Å². The molecule has 0 heterocycles. The van der Waals surface area contributed by atoms with E-state index in [1.807, 2.05) is 42.5 Å². The number of benzene rings is 2. The largest absolute Gasteiger partial charge is 0.392 e. The molecule has 0 saturated carbocycles. The topological polar surface area (TPSA) is 44.0 Å². The minimum atomic E-state index is 0.0810. The number of hydrogen-bond donors (Lipinski definition) is 1. The van der Waals surface area contributed by atoms with Crippen LogP contribution in [0.25, 0.3) is 0 Å². The highest BCUT2D eigenvalue weighted by atomic mass is 32.2. The van der Waals surface area contributed by atoms with E-state index < -0.39 is 0 Å². The van der Waals surface area contributed by atoms with Crippen LogP contribution in [0.4, 0.5) is 0 Å². The fourth-order valence-corrected chi connectivity index (χ4v) is 2.47. The van der Waals surface area contributed by atoms with Crippen LogP contribution in [0.5, 0.6) is 0 Å². The van der Waals surface area contributed by atoms with E-state index in [9.17, 15) is 0 Å². The van der Waals surface area contributed by atoms with E-state index in [-0.39, 0.29) is 6.61 Å². The minimum Gasteiger partial charge on any atom is -0.392 e. The van der Waals surface area contributed by atoms with Crippen molar-refractivity contribution < 1.29 is 5.11 Å². The average molecular weight is 255 g/mol. The molecule has 0 amide bonds. The number of hydrogen-bond acceptors (Lipinski definition) is 3. The van der Waals surface area contributed by atoms with Crippen molar-refractivity contribution in [3.8, 4) is 6.07 Å². The first-order valence-corrected chi connectivity index (χ1v) is 6.62. The predicted octanol–water partition coefficient (Wildman–Crippen LogP) is 3.34. The molecule has 0 saturated heterocycles. The van der Waals surface area contributed by atoms with Crippen molar-refractivity contribution in [3.05, 3.63) is 65.2 Å². The van der Waals surface area contributed by atoms with E-state index >= 15 is 0 Å². The highest BCUT2D eigenvalue weighted by molar-refractivity contribution is 7.98. The zero-order valence-electron chi connectivity index (χ0n) is 9.84. The number of thioether (sulfide) groups is 1. The van der Waals surface area contributed by atoms with Crippen molar-refractivity contribution in [1.82, 2.24) is 0 Å². The Bertz CT molecular complexity index is 557. The normalized spacial score (nSPS) is 10.0. The Kier molecular flexibility index (Phi) is 4.40. The molecule has 0 fully saturated rings. The third-order valence-corrected chi connectivity index (χ3v) is 3.64. The second kappa shape index (κ2) is 6.25. The van der Waals surface area contributed by atoms with Gasteiger partial charge in [-0.3, -0.25) is 0 Å². The van der Waals surface area contributed by atoms with Crippen molar-refractivity contribution in [2.75, 3.05) is 0 Å². The number of aliphatic hydroxyl groups excluding tert-OH is 1. The lowest BCUT2D eigenvalue weighted by Gasteiger charge is -2.03. The lowest BCUT2D eigenvalue weighted by Crippen LogP contribution is -1.85. The van der Waals surface area contributed by atoms with E-state index in [2.05, 4.69) is 6.07 Å². The number of aliphatic hydroxyl groups is 1. The summed E-state index contributed by atoms with van der Waals surface area (Å²) in [4.78, 5) is 1.10. The molecule has 0 radical (unpaired) electrons. The molecular formula is C15H13NOS. The molecule has 2 rings (SSSR count). The highest BCUT2D eigenvalue weighted by Crippen LogP contribution is 2.23. The lowest BCUT2D eigenvalue weighted by molar-refractivity contribution is 0.282. The van der Waals surface area contributed by atoms with Gasteiger partial charge in [0.25, 0.3) is 0 Å². The Morgan fingerprint density at radius 3 is 2.44 bits per heavy atom. The second-order valence-corrected chi connectivity index (χ2v) is 4.95. The summed E-state index contributed by atoms with van der Waals surface area (Å²) < 4.78 is 0. The van der Waals surface area contributed by atoms with Crippen LogP contribution in [0.3, 0.4) is 0 Å². The van der Waals surface area contributed by atoms with Gasteiger partial charge in [0.1, 0.15) is 0 Å². The Labute approximate surface area is 111 Å². The molecule has 2 aromatic rings. The summed E-state index contributed by atoms with van der Waals surface area (Å²) in [7, 11) is 0. The fourth-order valence-electron chi connectivity index (χ4n) is 1.56. The first-order valence-electron chi connectivity index (χ1n) is 5.63. The summed E-state index contributed by atoms with van der Waals surface area (Å²) in [5, 5.41) is 17.8. The van der Waals surface area contributed by atoms with Gasteiger partial charge in [0.05, 0.1) is 18.2 Å². The van der Waals surface area contributed by atoms with Crippen LogP contribution in [-0.4, -0.2) is 5.11 Å². The second-order valence-electron chi connectivity index (χ2n) is 3.90. The zero-order chi connectivity index (χ0) is 12.8. The quantitative estimate of drug-likeness (QED) is 0.852. The summed E-state index contributed by atoms with van der Waals surface area (Å²) in [6.07, 6.45) is 0. The maximum Gasteiger partial charge on any atom is 0.0992 e. The van der Waals surface area contributed by atoms with Crippen LogP contribution < -0.4 is 0 Å². The molecule has 18 heavy (non-hydrogen) atoms. The molecule has 0 bridgehead atoms. The van der Waals surface area contributed by atoms with Crippen LogP contribution in [0.1, 0.15) is 16.7 Å². The van der Waals surface area contributed by atoms with E-state index in [1.54, 1.807) is 17.8 Å². The molecule has 0 aliphatic heterocycles. The van der Waals surface area contributed by atoms with Crippen molar-refractivity contribution in [2.45, 2.75) is 17.3 Å². The van der Waals surface area contributed by atoms with Gasteiger partial charge in [-0.2, -0.15) is 5.26 Å². The summed E-state index contributed by atoms with van der Waals surface area (Å²) in [6.45, 7) is 0.0810. The summed E-state index contributed by atoms with van der Waals surface area (Å²) in [5.41, 5.74) is 2.82. The van der Waals surface area contributed by atoms with E-state index in [0.717, 1.165) is 16.2 Å². The van der Waals surface area contributed by atoms with Crippen molar-refractivity contribution >= 4 is 11.8 Å². The molecule has 0 aromatic heterocycles. The Morgan fingerprint density at radius 2 is 1.78 bits per heavy atom. The molecule has 2 aromatic carbocycles. The van der Waals surface area contributed by atoms with E-state index in [1.165, 1.54) is 5.56 Å². The first-order chi connectivity index (χ1) is 8.81. The molecule has 3 heteroatoms. The average Bonchev–Trinajstić information content (AvgIpc) is 2.46. The zero-order valence-corrected chi connectivity index (χ0v) is 10.7. The Hall–Kier alpha value is -1.76. The molecule has 0 spiro atoms. The van der Waals surface area contributed by atoms with Gasteiger partial charge in [0.2, 0.25) is 0 Å². The van der Waals surface area contributed by atoms with Gasteiger partial charge in [-0.05, 0) is 29.3 Å². The van der Waals surface area contributed by atoms with Gasteiger partial charge < -0.3 is 5.11 Å². The monoisotopic (exact) mass is 255 g/mol. The first kappa shape index (κ1) is 12.7. The number of rotatable bonds is 4. The minimum absolute atomic E-state index is 0.0810. The standard InChI is InChI=1S/C15H13NOS/c16-9-14-2-1-3-15(8-14)18-11-13-6-4-12(10-17)5-7-13/h1-8,17H,10-11H2. The number of nitriles is 1. The van der Waals surface area contributed by atoms with Gasteiger partial charge in [-0.15, -0.1) is 11.8 Å². The number of nitrogens with zero attached hydrogens (tertiary/aromatic N) is 1. The highest BCUT2D eigenvalue weighted by Gasteiger charge is 1.98. The molecule has 0 atom stereocenters. The Morgan fingerprint density at radius 1 is 1.06 bits per heavy atom. The summed E-state index contributed by atoms with van der Waals surface area (Å²) in [6, 6.07) is 17.7. The van der Waals surface area contributed by atoms with Gasteiger partial charge in [0, 0.05) is 10.6 Å². The molecule has 0 unspecified atom stereocenters. The predicted molar refractivity (Wildman–Crippen MR) is 73.1 cm³/mol. The molecule has 1 N–H and O–H groups in total. The van der Waals surface area contributed by atoms with Crippen LogP contribution in [0.15, 0.2) is 53.4 Å². The van der Waals surface area contributed by atoms with Crippen LogP contribution in [0, 0.1) is 11.3 Å². The summed E-state index contributed by atoms with van der Waals surface area (Å²) >= 11 is 1.70. The SMILES string of the molecule is N#Cc1cccc(SCc2ccc(CO)cc2)c1. The summed E-state index contributed by atoms with van der Waals surface area (Å²) in [5.74, 6) is 0.862. The smallest absolute Gasteiger partial charge is 0.0992 e. The van der Waals surface area contributed by atoms with Gasteiger partial charge in [-0.25, -0.2) is 0 Å². The van der Waals surface area contributed by atoms with E-state index in [4.69, 9.17) is 10.4 Å².